The van der Waals surface area contributed by atoms with Crippen LogP contribution in [0.2, 0.25) is 0 Å². The normalized spacial score (nSPS) is 12.0. The minimum atomic E-state index is -2.51. The first-order chi connectivity index (χ1) is 9.88. The largest absolute Gasteiger partial charge is 0.768 e. The molecule has 8 heteroatoms. The molecule has 0 aliphatic rings. The van der Waals surface area contributed by atoms with Gasteiger partial charge in [0.15, 0.2) is 17.5 Å². The van der Waals surface area contributed by atoms with Crippen LogP contribution in [-0.2, 0) is 11.1 Å². The van der Waals surface area contributed by atoms with Gasteiger partial charge in [-0.05, 0) is 29.3 Å². The SMILES string of the molecule is O=C(Nc1cc(F)c(F)c(F)c1)c1cccc(S(=O)[O-])c1. The first-order valence-corrected chi connectivity index (χ1v) is 6.61. The van der Waals surface area contributed by atoms with Gasteiger partial charge in [0.25, 0.3) is 5.91 Å². The summed E-state index contributed by atoms with van der Waals surface area (Å²) in [5.41, 5.74) is -0.313. The van der Waals surface area contributed by atoms with E-state index in [4.69, 9.17) is 0 Å². The molecule has 0 bridgehead atoms. The van der Waals surface area contributed by atoms with E-state index in [2.05, 4.69) is 5.32 Å². The molecule has 2 aromatic carbocycles. The van der Waals surface area contributed by atoms with Crippen LogP contribution in [0.3, 0.4) is 0 Å². The third kappa shape index (κ3) is 3.47. The molecule has 1 amide bonds. The molecule has 0 heterocycles. The van der Waals surface area contributed by atoms with Crippen molar-refractivity contribution >= 4 is 22.7 Å². The first-order valence-electron chi connectivity index (χ1n) is 5.53. The highest BCUT2D eigenvalue weighted by Crippen LogP contribution is 2.18. The molecule has 0 aromatic heterocycles. The van der Waals surface area contributed by atoms with Gasteiger partial charge in [-0.25, -0.2) is 13.2 Å². The minimum absolute atomic E-state index is 0.0261. The highest BCUT2D eigenvalue weighted by molar-refractivity contribution is 7.79. The van der Waals surface area contributed by atoms with Crippen molar-refractivity contribution in [2.75, 3.05) is 5.32 Å². The monoisotopic (exact) mass is 314 g/mol. The van der Waals surface area contributed by atoms with Crippen LogP contribution in [0.5, 0.6) is 0 Å². The molecule has 1 atom stereocenters. The number of hydrogen-bond donors (Lipinski definition) is 1. The minimum Gasteiger partial charge on any atom is -0.768 e. The Bertz CT molecular complexity index is 713. The molecule has 0 saturated carbocycles. The first kappa shape index (κ1) is 15.2. The molecule has 0 radical (unpaired) electrons. The lowest BCUT2D eigenvalue weighted by Crippen LogP contribution is -2.13. The molecule has 2 rings (SSSR count). The molecular weight excluding hydrogens is 307 g/mol. The molecule has 0 aliphatic carbocycles. The van der Waals surface area contributed by atoms with E-state index in [9.17, 15) is 26.7 Å². The number of halogens is 3. The van der Waals surface area contributed by atoms with Crippen molar-refractivity contribution in [1.29, 1.82) is 0 Å². The van der Waals surface area contributed by atoms with Crippen molar-refractivity contribution in [1.82, 2.24) is 0 Å². The summed E-state index contributed by atoms with van der Waals surface area (Å²) in [6, 6.07) is 6.26. The number of carbonyl (C=O) groups excluding carboxylic acids is 1. The summed E-state index contributed by atoms with van der Waals surface area (Å²) >= 11 is -2.51. The second kappa shape index (κ2) is 6.06. The van der Waals surface area contributed by atoms with Gasteiger partial charge in [0.2, 0.25) is 0 Å². The maximum absolute atomic E-state index is 13.0. The second-order valence-electron chi connectivity index (χ2n) is 3.97. The number of nitrogens with one attached hydrogen (secondary N) is 1. The zero-order chi connectivity index (χ0) is 15.6. The standard InChI is InChI=1S/C13H8F3NO3S/c14-10-5-8(6-11(15)12(10)16)17-13(18)7-2-1-3-9(4-7)21(19)20/h1-6H,(H,17,18)(H,19,20)/p-1. The van der Waals surface area contributed by atoms with Gasteiger partial charge in [0, 0.05) is 28.3 Å². The zero-order valence-corrected chi connectivity index (χ0v) is 11.0. The molecule has 21 heavy (non-hydrogen) atoms. The van der Waals surface area contributed by atoms with Gasteiger partial charge in [-0.2, -0.15) is 0 Å². The number of carbonyl (C=O) groups is 1. The Hall–Kier alpha value is -2.19. The molecule has 4 nitrogen and oxygen atoms in total. The molecular formula is C13H7F3NO3S-. The van der Waals surface area contributed by atoms with Crippen molar-refractivity contribution in [2.45, 2.75) is 4.90 Å². The van der Waals surface area contributed by atoms with E-state index in [1.807, 2.05) is 0 Å². The number of anilines is 1. The Balaban J connectivity index is 2.26. The third-order valence-electron chi connectivity index (χ3n) is 2.53. The molecule has 1 unspecified atom stereocenters. The molecule has 0 spiro atoms. The Morgan fingerprint density at radius 2 is 1.71 bits per heavy atom. The van der Waals surface area contributed by atoms with Crippen LogP contribution in [-0.4, -0.2) is 14.7 Å². The second-order valence-corrected chi connectivity index (χ2v) is 4.91. The highest BCUT2D eigenvalue weighted by Gasteiger charge is 2.13. The van der Waals surface area contributed by atoms with E-state index in [-0.39, 0.29) is 16.1 Å². The average Bonchev–Trinajstić information content (AvgIpc) is 2.44. The number of benzene rings is 2. The van der Waals surface area contributed by atoms with Gasteiger partial charge in [-0.1, -0.05) is 6.07 Å². The molecule has 1 N–H and O–H groups in total. The average molecular weight is 314 g/mol. The van der Waals surface area contributed by atoms with Crippen LogP contribution in [0.25, 0.3) is 0 Å². The van der Waals surface area contributed by atoms with E-state index in [1.54, 1.807) is 0 Å². The summed E-state index contributed by atoms with van der Waals surface area (Å²) < 4.78 is 60.4. The van der Waals surface area contributed by atoms with Gasteiger partial charge in [0.05, 0.1) is 0 Å². The van der Waals surface area contributed by atoms with E-state index in [0.29, 0.717) is 12.1 Å². The van der Waals surface area contributed by atoms with Crippen molar-refractivity contribution in [2.24, 2.45) is 0 Å². The Morgan fingerprint density at radius 1 is 1.10 bits per heavy atom. The quantitative estimate of drug-likeness (QED) is 0.699. The fourth-order valence-corrected chi connectivity index (χ4v) is 1.98. The summed E-state index contributed by atoms with van der Waals surface area (Å²) in [4.78, 5) is 11.7. The van der Waals surface area contributed by atoms with Crippen LogP contribution < -0.4 is 5.32 Å². The lowest BCUT2D eigenvalue weighted by atomic mass is 10.2. The van der Waals surface area contributed by atoms with Gasteiger partial charge in [0.1, 0.15) is 0 Å². The summed E-state index contributed by atoms with van der Waals surface area (Å²) in [7, 11) is 0. The van der Waals surface area contributed by atoms with Crippen molar-refractivity contribution in [3.63, 3.8) is 0 Å². The lowest BCUT2D eigenvalue weighted by Gasteiger charge is -2.09. The lowest BCUT2D eigenvalue weighted by molar-refractivity contribution is 0.102. The van der Waals surface area contributed by atoms with Crippen LogP contribution >= 0.6 is 0 Å². The molecule has 2 aromatic rings. The van der Waals surface area contributed by atoms with Gasteiger partial charge < -0.3 is 9.87 Å². The topological polar surface area (TPSA) is 69.2 Å². The van der Waals surface area contributed by atoms with Gasteiger partial charge in [-0.3, -0.25) is 9.00 Å². The zero-order valence-electron chi connectivity index (χ0n) is 10.2. The Kier molecular flexibility index (Phi) is 4.39. The Morgan fingerprint density at radius 3 is 2.29 bits per heavy atom. The third-order valence-corrected chi connectivity index (χ3v) is 3.17. The van der Waals surface area contributed by atoms with E-state index < -0.39 is 34.4 Å². The van der Waals surface area contributed by atoms with E-state index in [1.165, 1.54) is 18.2 Å². The fraction of sp³-hybridized carbons (Fsp3) is 0. The number of rotatable bonds is 3. The number of hydrogen-bond acceptors (Lipinski definition) is 3. The van der Waals surface area contributed by atoms with E-state index in [0.717, 1.165) is 6.07 Å². The van der Waals surface area contributed by atoms with Gasteiger partial charge >= 0.3 is 0 Å². The van der Waals surface area contributed by atoms with Crippen LogP contribution in [0.4, 0.5) is 18.9 Å². The van der Waals surface area contributed by atoms with Gasteiger partial charge in [-0.15, -0.1) is 0 Å². The smallest absolute Gasteiger partial charge is 0.255 e. The van der Waals surface area contributed by atoms with Crippen LogP contribution in [0.15, 0.2) is 41.3 Å². The maximum atomic E-state index is 13.0. The maximum Gasteiger partial charge on any atom is 0.255 e. The summed E-state index contributed by atoms with van der Waals surface area (Å²) in [6.45, 7) is 0. The predicted octanol–water partition coefficient (Wildman–Crippen LogP) is 2.59. The van der Waals surface area contributed by atoms with E-state index >= 15 is 0 Å². The summed E-state index contributed by atoms with van der Waals surface area (Å²) in [6.07, 6.45) is 0. The van der Waals surface area contributed by atoms with Crippen LogP contribution in [0.1, 0.15) is 10.4 Å². The van der Waals surface area contributed by atoms with Crippen molar-refractivity contribution < 1.29 is 26.7 Å². The van der Waals surface area contributed by atoms with Crippen molar-refractivity contribution in [3.8, 4) is 0 Å². The fourth-order valence-electron chi connectivity index (χ4n) is 1.57. The molecule has 0 aliphatic heterocycles. The highest BCUT2D eigenvalue weighted by atomic mass is 32.2. The summed E-state index contributed by atoms with van der Waals surface area (Å²) in [5, 5.41) is 2.15. The molecule has 0 saturated heterocycles. The molecule has 0 fully saturated rings. The summed E-state index contributed by atoms with van der Waals surface area (Å²) in [5.74, 6) is -5.32. The number of amides is 1. The molecule has 110 valence electrons. The Labute approximate surface area is 119 Å². The van der Waals surface area contributed by atoms with Crippen LogP contribution in [0, 0.1) is 17.5 Å². The predicted molar refractivity (Wildman–Crippen MR) is 67.9 cm³/mol. The van der Waals surface area contributed by atoms with Crippen molar-refractivity contribution in [3.05, 3.63) is 59.4 Å².